The van der Waals surface area contributed by atoms with Gasteiger partial charge in [0.05, 0.1) is 11.5 Å². The Morgan fingerprint density at radius 2 is 2.05 bits per heavy atom. The Bertz CT molecular complexity index is 638. The van der Waals surface area contributed by atoms with Crippen LogP contribution in [0.2, 0.25) is 0 Å². The molecule has 0 saturated heterocycles. The zero-order valence-corrected chi connectivity index (χ0v) is 13.5. The van der Waals surface area contributed by atoms with Crippen LogP contribution in [0.1, 0.15) is 18.9 Å². The molecule has 2 rings (SSSR count). The molecule has 0 spiro atoms. The number of benzene rings is 1. The van der Waals surface area contributed by atoms with Crippen molar-refractivity contribution >= 4 is 16.1 Å². The van der Waals surface area contributed by atoms with Crippen LogP contribution in [0.25, 0.3) is 0 Å². The summed E-state index contributed by atoms with van der Waals surface area (Å²) in [5, 5.41) is 0. The molecule has 22 heavy (non-hydrogen) atoms. The van der Waals surface area contributed by atoms with Crippen LogP contribution in [0.3, 0.4) is 0 Å². The molecule has 0 radical (unpaired) electrons. The first kappa shape index (κ1) is 18.3. The molecular weight excluding hydrogens is 306 g/mol. The zero-order chi connectivity index (χ0) is 17.0. The molecule has 1 fully saturated rings. The number of carbonyl (C=O) groups is 1. The largest absolute Gasteiger partial charge is 0.465 e. The molecule has 1 aromatic rings. The molecule has 0 aliphatic heterocycles. The van der Waals surface area contributed by atoms with Crippen LogP contribution in [0.15, 0.2) is 41.8 Å². The third kappa shape index (κ3) is 4.66. The molecule has 0 heterocycles. The van der Waals surface area contributed by atoms with Crippen molar-refractivity contribution in [2.24, 2.45) is 11.7 Å². The number of ether oxygens (including phenoxy) is 1. The molecule has 1 saturated carbocycles. The van der Waals surface area contributed by atoms with Gasteiger partial charge in [-0.05, 0) is 32.4 Å². The van der Waals surface area contributed by atoms with E-state index in [9.17, 15) is 13.2 Å². The number of carbonyl (C=O) groups excluding carboxylic acids is 1. The van der Waals surface area contributed by atoms with Gasteiger partial charge in [0.15, 0.2) is 0 Å². The van der Waals surface area contributed by atoms with E-state index in [1.807, 2.05) is 6.92 Å². The molecule has 1 aromatic carbocycles. The van der Waals surface area contributed by atoms with E-state index in [2.05, 4.69) is 6.58 Å². The van der Waals surface area contributed by atoms with Gasteiger partial charge in [-0.15, -0.1) is 6.58 Å². The third-order valence-corrected chi connectivity index (χ3v) is 4.19. The van der Waals surface area contributed by atoms with E-state index in [1.54, 1.807) is 25.1 Å². The van der Waals surface area contributed by atoms with E-state index in [-0.39, 0.29) is 16.8 Å². The Hall–Kier alpha value is -1.70. The van der Waals surface area contributed by atoms with Gasteiger partial charge in [-0.1, -0.05) is 23.8 Å². The molecule has 2 atom stereocenters. The van der Waals surface area contributed by atoms with Crippen molar-refractivity contribution in [2.75, 3.05) is 6.61 Å². The SMILES string of the molecule is C=CC1C[C@]1(N)C(=O)OCC.Cc1ccc(S(=O)(=O)O)cc1. The van der Waals surface area contributed by atoms with Crippen molar-refractivity contribution < 1.29 is 22.5 Å². The van der Waals surface area contributed by atoms with Crippen LogP contribution < -0.4 is 5.73 Å². The third-order valence-electron chi connectivity index (χ3n) is 3.32. The number of hydrogen-bond donors (Lipinski definition) is 2. The van der Waals surface area contributed by atoms with Crippen molar-refractivity contribution in [3.8, 4) is 0 Å². The van der Waals surface area contributed by atoms with Gasteiger partial charge in [-0.25, -0.2) is 0 Å². The summed E-state index contributed by atoms with van der Waals surface area (Å²) in [5.41, 5.74) is 5.89. The van der Waals surface area contributed by atoms with Gasteiger partial charge in [0.25, 0.3) is 10.1 Å². The predicted octanol–water partition coefficient (Wildman–Crippen LogP) is 1.69. The lowest BCUT2D eigenvalue weighted by atomic mass is 10.2. The monoisotopic (exact) mass is 327 g/mol. The summed E-state index contributed by atoms with van der Waals surface area (Å²) in [6.07, 6.45) is 2.38. The normalized spacial score (nSPS) is 23.0. The van der Waals surface area contributed by atoms with Crippen molar-refractivity contribution in [1.82, 2.24) is 0 Å². The molecular formula is C15H21NO5S. The molecule has 1 unspecified atom stereocenters. The quantitative estimate of drug-likeness (QED) is 0.495. The van der Waals surface area contributed by atoms with E-state index in [0.717, 1.165) is 5.56 Å². The van der Waals surface area contributed by atoms with Gasteiger partial charge in [0, 0.05) is 5.92 Å². The van der Waals surface area contributed by atoms with Crippen LogP contribution in [-0.2, 0) is 19.6 Å². The maximum atomic E-state index is 11.1. The van der Waals surface area contributed by atoms with Crippen LogP contribution >= 0.6 is 0 Å². The predicted molar refractivity (Wildman–Crippen MR) is 82.8 cm³/mol. The lowest BCUT2D eigenvalue weighted by molar-refractivity contribution is -0.146. The Labute approximate surface area is 130 Å². The van der Waals surface area contributed by atoms with Crippen LogP contribution in [0.4, 0.5) is 0 Å². The Kier molecular flexibility index (Phi) is 5.87. The summed E-state index contributed by atoms with van der Waals surface area (Å²) in [7, 11) is -4.02. The first-order chi connectivity index (χ1) is 10.1. The number of esters is 1. The van der Waals surface area contributed by atoms with Crippen LogP contribution in [-0.4, -0.2) is 31.1 Å². The summed E-state index contributed by atoms with van der Waals surface area (Å²) in [4.78, 5) is 11.0. The van der Waals surface area contributed by atoms with Crippen molar-refractivity contribution in [1.29, 1.82) is 0 Å². The molecule has 3 N–H and O–H groups in total. The maximum absolute atomic E-state index is 11.1. The summed E-state index contributed by atoms with van der Waals surface area (Å²) >= 11 is 0. The average molecular weight is 327 g/mol. The van der Waals surface area contributed by atoms with Crippen LogP contribution in [0.5, 0.6) is 0 Å². The highest BCUT2D eigenvalue weighted by atomic mass is 32.2. The standard InChI is InChI=1S/C8H13NO2.C7H8O3S/c1-3-6-5-8(6,9)7(10)11-4-2;1-6-2-4-7(5-3-6)11(8,9)10/h3,6H,1,4-5,9H2,2H3;2-5H,1H3,(H,8,9,10)/t6?,8-;/m1./s1. The molecule has 6 nitrogen and oxygen atoms in total. The fourth-order valence-corrected chi connectivity index (χ4v) is 2.29. The van der Waals surface area contributed by atoms with Gasteiger partial charge in [-0.3, -0.25) is 9.35 Å². The van der Waals surface area contributed by atoms with E-state index in [0.29, 0.717) is 13.0 Å². The molecule has 0 bridgehead atoms. The molecule has 0 aromatic heterocycles. The molecule has 1 aliphatic carbocycles. The average Bonchev–Trinajstić information content (AvgIpc) is 3.12. The minimum absolute atomic E-state index is 0.0666. The Balaban J connectivity index is 0.000000220. The minimum atomic E-state index is -4.02. The number of aryl methyl sites for hydroxylation is 1. The van der Waals surface area contributed by atoms with Gasteiger partial charge in [-0.2, -0.15) is 8.42 Å². The lowest BCUT2D eigenvalue weighted by Crippen LogP contribution is -2.36. The zero-order valence-electron chi connectivity index (χ0n) is 12.7. The van der Waals surface area contributed by atoms with Crippen molar-refractivity contribution in [2.45, 2.75) is 30.7 Å². The summed E-state index contributed by atoms with van der Waals surface area (Å²) in [5.74, 6) is -0.188. The second kappa shape index (κ2) is 7.04. The lowest BCUT2D eigenvalue weighted by Gasteiger charge is -2.07. The van der Waals surface area contributed by atoms with Crippen molar-refractivity contribution in [3.63, 3.8) is 0 Å². The summed E-state index contributed by atoms with van der Waals surface area (Å²) < 4.78 is 34.3. The second-order valence-corrected chi connectivity index (χ2v) is 6.52. The minimum Gasteiger partial charge on any atom is -0.465 e. The van der Waals surface area contributed by atoms with E-state index in [1.165, 1.54) is 12.1 Å². The second-order valence-electron chi connectivity index (χ2n) is 5.10. The summed E-state index contributed by atoms with van der Waals surface area (Å²) in [6, 6.07) is 5.99. The van der Waals surface area contributed by atoms with Gasteiger partial charge in [0.2, 0.25) is 0 Å². The molecule has 0 amide bonds. The van der Waals surface area contributed by atoms with Gasteiger partial charge in [0.1, 0.15) is 5.54 Å². The van der Waals surface area contributed by atoms with E-state index in [4.69, 9.17) is 15.0 Å². The van der Waals surface area contributed by atoms with Gasteiger partial charge < -0.3 is 10.5 Å². The Morgan fingerprint density at radius 3 is 2.41 bits per heavy atom. The molecule has 1 aliphatic rings. The number of hydrogen-bond acceptors (Lipinski definition) is 5. The van der Waals surface area contributed by atoms with Crippen molar-refractivity contribution in [3.05, 3.63) is 42.5 Å². The Morgan fingerprint density at radius 1 is 1.50 bits per heavy atom. The maximum Gasteiger partial charge on any atom is 0.326 e. The molecule has 122 valence electrons. The fraction of sp³-hybridized carbons (Fsp3) is 0.400. The topological polar surface area (TPSA) is 107 Å². The van der Waals surface area contributed by atoms with Crippen LogP contribution in [0, 0.1) is 12.8 Å². The molecule has 7 heteroatoms. The first-order valence-corrected chi connectivity index (χ1v) is 8.22. The van der Waals surface area contributed by atoms with E-state index >= 15 is 0 Å². The fourth-order valence-electron chi connectivity index (χ4n) is 1.81. The number of rotatable bonds is 4. The smallest absolute Gasteiger partial charge is 0.326 e. The highest BCUT2D eigenvalue weighted by Gasteiger charge is 2.56. The summed E-state index contributed by atoms with van der Waals surface area (Å²) in [6.45, 7) is 7.57. The van der Waals surface area contributed by atoms with Gasteiger partial charge >= 0.3 is 5.97 Å². The number of nitrogens with two attached hydrogens (primary N) is 1. The highest BCUT2D eigenvalue weighted by Crippen LogP contribution is 2.42. The van der Waals surface area contributed by atoms with E-state index < -0.39 is 15.7 Å². The first-order valence-electron chi connectivity index (χ1n) is 6.78. The highest BCUT2D eigenvalue weighted by molar-refractivity contribution is 7.85.